The molecule has 1 fully saturated rings. The van der Waals surface area contributed by atoms with Gasteiger partial charge in [-0.05, 0) is 36.5 Å². The number of hydrogen-bond acceptors (Lipinski definition) is 3. The molecule has 0 aliphatic carbocycles. The Bertz CT molecular complexity index is 1010. The Kier molecular flexibility index (Phi) is 5.80. The zero-order chi connectivity index (χ0) is 19.4. The summed E-state index contributed by atoms with van der Waals surface area (Å²) in [5.41, 5.74) is 3.26. The van der Waals surface area contributed by atoms with Gasteiger partial charge in [-0.1, -0.05) is 48.5 Å². The zero-order valence-electron chi connectivity index (χ0n) is 15.8. The van der Waals surface area contributed by atoms with Crippen molar-refractivity contribution in [3.8, 4) is 0 Å². The van der Waals surface area contributed by atoms with Gasteiger partial charge in [-0.2, -0.15) is 0 Å². The van der Waals surface area contributed by atoms with E-state index in [1.807, 2.05) is 42.6 Å². The largest absolute Gasteiger partial charge is 0.381 e. The number of rotatable bonds is 6. The SMILES string of the molecule is O=S(=O)(NCC(c1ccccc1)c1c[nH]c2ccccc12)C1CCCOCC1. The van der Waals surface area contributed by atoms with Crippen molar-refractivity contribution in [3.63, 3.8) is 0 Å². The summed E-state index contributed by atoms with van der Waals surface area (Å²) in [5.74, 6) is -0.0610. The molecule has 2 N–H and O–H groups in total. The first-order valence-electron chi connectivity index (χ1n) is 9.82. The average molecular weight is 399 g/mol. The molecule has 5 nitrogen and oxygen atoms in total. The van der Waals surface area contributed by atoms with Crippen LogP contribution < -0.4 is 4.72 Å². The Morgan fingerprint density at radius 3 is 2.68 bits per heavy atom. The summed E-state index contributed by atoms with van der Waals surface area (Å²) in [6, 6.07) is 18.2. The van der Waals surface area contributed by atoms with Crippen molar-refractivity contribution in [2.24, 2.45) is 0 Å². The second-order valence-corrected chi connectivity index (χ2v) is 9.36. The van der Waals surface area contributed by atoms with Crippen molar-refractivity contribution in [2.75, 3.05) is 19.8 Å². The molecule has 3 aromatic rings. The van der Waals surface area contributed by atoms with Gasteiger partial charge in [0.1, 0.15) is 0 Å². The third-order valence-corrected chi connectivity index (χ3v) is 7.44. The molecule has 2 aromatic carbocycles. The summed E-state index contributed by atoms with van der Waals surface area (Å²) in [6.07, 6.45) is 3.99. The molecular formula is C22H26N2O3S. The number of aromatic nitrogens is 1. The topological polar surface area (TPSA) is 71.2 Å². The van der Waals surface area contributed by atoms with Crippen LogP contribution in [0.2, 0.25) is 0 Å². The van der Waals surface area contributed by atoms with Crippen LogP contribution in [0.5, 0.6) is 0 Å². The number of ether oxygens (including phenoxy) is 1. The molecule has 6 heteroatoms. The monoisotopic (exact) mass is 398 g/mol. The molecule has 2 unspecified atom stereocenters. The van der Waals surface area contributed by atoms with Crippen molar-refractivity contribution in [1.29, 1.82) is 0 Å². The lowest BCUT2D eigenvalue weighted by Crippen LogP contribution is -2.37. The van der Waals surface area contributed by atoms with Crippen LogP contribution in [0.15, 0.2) is 60.8 Å². The normalized spacial score (nSPS) is 19.4. The Morgan fingerprint density at radius 1 is 1.04 bits per heavy atom. The van der Waals surface area contributed by atoms with Crippen molar-refractivity contribution in [3.05, 3.63) is 71.9 Å². The molecule has 0 amide bonds. The molecule has 1 aromatic heterocycles. The lowest BCUT2D eigenvalue weighted by molar-refractivity contribution is 0.144. The van der Waals surface area contributed by atoms with E-state index in [2.05, 4.69) is 27.9 Å². The van der Waals surface area contributed by atoms with Crippen LogP contribution in [0.3, 0.4) is 0 Å². The Hall–Kier alpha value is -2.15. The van der Waals surface area contributed by atoms with Crippen LogP contribution in [0.25, 0.3) is 10.9 Å². The van der Waals surface area contributed by atoms with E-state index >= 15 is 0 Å². The fourth-order valence-corrected chi connectivity index (χ4v) is 5.50. The lowest BCUT2D eigenvalue weighted by Gasteiger charge is -2.21. The molecule has 0 spiro atoms. The number of aromatic amines is 1. The van der Waals surface area contributed by atoms with E-state index in [-0.39, 0.29) is 11.2 Å². The van der Waals surface area contributed by atoms with Crippen LogP contribution in [-0.4, -0.2) is 38.4 Å². The van der Waals surface area contributed by atoms with E-state index < -0.39 is 10.0 Å². The Morgan fingerprint density at radius 2 is 1.82 bits per heavy atom. The molecule has 0 bridgehead atoms. The maximum atomic E-state index is 12.9. The minimum absolute atomic E-state index is 0.0610. The number of nitrogens with one attached hydrogen (secondary N) is 2. The summed E-state index contributed by atoms with van der Waals surface area (Å²) >= 11 is 0. The third-order valence-electron chi connectivity index (χ3n) is 5.53. The molecule has 2 heterocycles. The Balaban J connectivity index is 1.62. The maximum Gasteiger partial charge on any atom is 0.214 e. The number of para-hydroxylation sites is 1. The van der Waals surface area contributed by atoms with Gasteiger partial charge < -0.3 is 9.72 Å². The number of hydrogen-bond donors (Lipinski definition) is 2. The van der Waals surface area contributed by atoms with Gasteiger partial charge >= 0.3 is 0 Å². The van der Waals surface area contributed by atoms with Crippen LogP contribution >= 0.6 is 0 Å². The van der Waals surface area contributed by atoms with Gasteiger partial charge in [0, 0.05) is 42.8 Å². The molecule has 28 heavy (non-hydrogen) atoms. The summed E-state index contributed by atoms with van der Waals surface area (Å²) in [5, 5.41) is 0.743. The van der Waals surface area contributed by atoms with E-state index in [1.54, 1.807) is 0 Å². The second kappa shape index (κ2) is 8.47. The predicted octanol–water partition coefficient (Wildman–Crippen LogP) is 3.79. The highest BCUT2D eigenvalue weighted by Crippen LogP contribution is 2.31. The van der Waals surface area contributed by atoms with Crippen molar-refractivity contribution in [2.45, 2.75) is 30.4 Å². The van der Waals surface area contributed by atoms with Gasteiger partial charge in [0.05, 0.1) is 5.25 Å². The summed E-state index contributed by atoms with van der Waals surface area (Å²) < 4.78 is 34.2. The minimum atomic E-state index is -3.39. The molecule has 148 valence electrons. The highest BCUT2D eigenvalue weighted by Gasteiger charge is 2.28. The second-order valence-electron chi connectivity index (χ2n) is 7.31. The fourth-order valence-electron chi connectivity index (χ4n) is 3.98. The molecule has 4 rings (SSSR count). The first-order chi connectivity index (χ1) is 13.6. The minimum Gasteiger partial charge on any atom is -0.381 e. The summed E-state index contributed by atoms with van der Waals surface area (Å²) in [6.45, 7) is 1.50. The van der Waals surface area contributed by atoms with E-state index in [4.69, 9.17) is 4.74 Å². The molecule has 0 saturated carbocycles. The Labute approximate surface area is 166 Å². The quantitative estimate of drug-likeness (QED) is 0.664. The van der Waals surface area contributed by atoms with Crippen LogP contribution in [0.4, 0.5) is 0 Å². The molecule has 1 saturated heterocycles. The fraction of sp³-hybridized carbons (Fsp3) is 0.364. The van der Waals surface area contributed by atoms with Crippen LogP contribution in [0.1, 0.15) is 36.3 Å². The first-order valence-corrected chi connectivity index (χ1v) is 11.4. The van der Waals surface area contributed by atoms with Crippen LogP contribution in [-0.2, 0) is 14.8 Å². The van der Waals surface area contributed by atoms with Gasteiger partial charge in [0.25, 0.3) is 0 Å². The van der Waals surface area contributed by atoms with Gasteiger partial charge in [0.15, 0.2) is 0 Å². The number of benzene rings is 2. The maximum absolute atomic E-state index is 12.9. The van der Waals surface area contributed by atoms with Gasteiger partial charge in [-0.15, -0.1) is 0 Å². The molecule has 1 aliphatic rings. The van der Waals surface area contributed by atoms with Gasteiger partial charge in [-0.25, -0.2) is 13.1 Å². The van der Waals surface area contributed by atoms with Crippen molar-refractivity contribution < 1.29 is 13.2 Å². The molecule has 1 aliphatic heterocycles. The predicted molar refractivity (Wildman–Crippen MR) is 112 cm³/mol. The van der Waals surface area contributed by atoms with Crippen molar-refractivity contribution in [1.82, 2.24) is 9.71 Å². The first kappa shape index (κ1) is 19.2. The van der Waals surface area contributed by atoms with E-state index in [1.165, 1.54) is 0 Å². The number of sulfonamides is 1. The molecule has 0 radical (unpaired) electrons. The van der Waals surface area contributed by atoms with E-state index in [0.717, 1.165) is 28.5 Å². The molecule has 2 atom stereocenters. The van der Waals surface area contributed by atoms with E-state index in [9.17, 15) is 8.42 Å². The zero-order valence-corrected chi connectivity index (χ0v) is 16.6. The average Bonchev–Trinajstić information content (AvgIpc) is 2.94. The van der Waals surface area contributed by atoms with Gasteiger partial charge in [-0.3, -0.25) is 0 Å². The van der Waals surface area contributed by atoms with Crippen LogP contribution in [0, 0.1) is 0 Å². The third kappa shape index (κ3) is 4.14. The summed E-state index contributed by atoms with van der Waals surface area (Å²) in [7, 11) is -3.39. The lowest BCUT2D eigenvalue weighted by atomic mass is 9.91. The number of fused-ring (bicyclic) bond motifs is 1. The highest BCUT2D eigenvalue weighted by atomic mass is 32.2. The van der Waals surface area contributed by atoms with E-state index in [0.29, 0.717) is 32.6 Å². The van der Waals surface area contributed by atoms with Gasteiger partial charge in [0.2, 0.25) is 10.0 Å². The summed E-state index contributed by atoms with van der Waals surface area (Å²) in [4.78, 5) is 3.31. The van der Waals surface area contributed by atoms with Crippen molar-refractivity contribution >= 4 is 20.9 Å². The number of H-pyrrole nitrogens is 1. The highest BCUT2D eigenvalue weighted by molar-refractivity contribution is 7.90. The molecular weight excluding hydrogens is 372 g/mol. The standard InChI is InChI=1S/C22H26N2O3S/c25-28(26,18-9-6-13-27-14-12-18)24-16-20(17-7-2-1-3-8-17)21-15-23-22-11-5-4-10-19(21)22/h1-5,7-8,10-11,15,18,20,23-24H,6,9,12-14,16H2. The smallest absolute Gasteiger partial charge is 0.214 e.